The Hall–Kier alpha value is -2.69. The van der Waals surface area contributed by atoms with Crippen molar-refractivity contribution in [2.24, 2.45) is 5.92 Å². The van der Waals surface area contributed by atoms with E-state index in [0.29, 0.717) is 36.6 Å². The number of aryl methyl sites for hydroxylation is 2. The average Bonchev–Trinajstić information content (AvgIpc) is 2.60. The molecule has 5 nitrogen and oxygen atoms in total. The summed E-state index contributed by atoms with van der Waals surface area (Å²) in [5.74, 6) is 0.187. The standard InChI is InChI=1S/C20H25N3O2/c1-14(2)12-22-20(25)17-8-6-15(3)18(11-17)23-19(24)9-7-16-5-4-10-21-13-16/h4-6,8,10-11,13-14H,7,9,12H2,1-3H3,(H,22,25)(H,23,24). The van der Waals surface area contributed by atoms with Gasteiger partial charge in [0.05, 0.1) is 0 Å². The van der Waals surface area contributed by atoms with Gasteiger partial charge in [-0.15, -0.1) is 0 Å². The topological polar surface area (TPSA) is 71.1 Å². The maximum Gasteiger partial charge on any atom is 0.251 e. The zero-order valence-corrected chi connectivity index (χ0v) is 15.0. The number of carbonyl (C=O) groups excluding carboxylic acids is 2. The highest BCUT2D eigenvalue weighted by atomic mass is 16.2. The third kappa shape index (κ3) is 6.03. The van der Waals surface area contributed by atoms with Gasteiger partial charge < -0.3 is 10.6 Å². The lowest BCUT2D eigenvalue weighted by Gasteiger charge is -2.12. The van der Waals surface area contributed by atoms with Gasteiger partial charge in [-0.05, 0) is 48.6 Å². The molecule has 2 rings (SSSR count). The van der Waals surface area contributed by atoms with Crippen LogP contribution in [0.25, 0.3) is 0 Å². The van der Waals surface area contributed by atoms with Gasteiger partial charge in [0.15, 0.2) is 0 Å². The van der Waals surface area contributed by atoms with Crippen molar-refractivity contribution in [3.8, 4) is 0 Å². The van der Waals surface area contributed by atoms with Crippen LogP contribution in [0.15, 0.2) is 42.7 Å². The zero-order chi connectivity index (χ0) is 18.2. The molecule has 0 spiro atoms. The van der Waals surface area contributed by atoms with Crippen LogP contribution in [0.1, 0.15) is 41.8 Å². The minimum atomic E-state index is -0.125. The predicted octanol–water partition coefficient (Wildman–Crippen LogP) is 3.35. The second-order valence-corrected chi connectivity index (χ2v) is 6.54. The number of hydrogen-bond acceptors (Lipinski definition) is 3. The molecule has 2 aromatic rings. The van der Waals surface area contributed by atoms with E-state index in [4.69, 9.17) is 0 Å². The van der Waals surface area contributed by atoms with E-state index in [1.807, 2.05) is 39.0 Å². The van der Waals surface area contributed by atoms with E-state index in [9.17, 15) is 9.59 Å². The van der Waals surface area contributed by atoms with Crippen LogP contribution in [0, 0.1) is 12.8 Å². The van der Waals surface area contributed by atoms with Crippen LogP contribution in [0.4, 0.5) is 5.69 Å². The lowest BCUT2D eigenvalue weighted by molar-refractivity contribution is -0.116. The first kappa shape index (κ1) is 18.6. The Bertz CT molecular complexity index is 727. The van der Waals surface area contributed by atoms with Gasteiger partial charge in [-0.2, -0.15) is 0 Å². The predicted molar refractivity (Wildman–Crippen MR) is 99.5 cm³/mol. The molecule has 1 aromatic carbocycles. The summed E-state index contributed by atoms with van der Waals surface area (Å²) in [5.41, 5.74) is 3.17. The fourth-order valence-electron chi connectivity index (χ4n) is 2.31. The lowest BCUT2D eigenvalue weighted by atomic mass is 10.1. The summed E-state index contributed by atoms with van der Waals surface area (Å²) in [4.78, 5) is 28.4. The van der Waals surface area contributed by atoms with Crippen LogP contribution in [0.5, 0.6) is 0 Å². The number of pyridine rings is 1. The maximum atomic E-state index is 12.2. The maximum absolute atomic E-state index is 12.2. The summed E-state index contributed by atoms with van der Waals surface area (Å²) in [7, 11) is 0. The minimum absolute atomic E-state index is 0.0771. The number of rotatable bonds is 7. The number of hydrogen-bond donors (Lipinski definition) is 2. The Kier molecular flexibility index (Phi) is 6.69. The van der Waals surface area contributed by atoms with E-state index in [1.165, 1.54) is 0 Å². The molecule has 0 saturated carbocycles. The molecule has 2 N–H and O–H groups in total. The highest BCUT2D eigenvalue weighted by Gasteiger charge is 2.11. The number of carbonyl (C=O) groups is 2. The summed E-state index contributed by atoms with van der Waals surface area (Å²) in [6.07, 6.45) is 4.48. The molecule has 1 aromatic heterocycles. The summed E-state index contributed by atoms with van der Waals surface area (Å²) in [6, 6.07) is 9.16. The smallest absolute Gasteiger partial charge is 0.251 e. The molecular weight excluding hydrogens is 314 g/mol. The van der Waals surface area contributed by atoms with Crippen LogP contribution in [-0.4, -0.2) is 23.3 Å². The van der Waals surface area contributed by atoms with Crippen LogP contribution in [0.2, 0.25) is 0 Å². The van der Waals surface area contributed by atoms with Crippen molar-refractivity contribution in [2.75, 3.05) is 11.9 Å². The van der Waals surface area contributed by atoms with Crippen molar-refractivity contribution in [2.45, 2.75) is 33.6 Å². The third-order valence-corrected chi connectivity index (χ3v) is 3.81. The van der Waals surface area contributed by atoms with Gasteiger partial charge in [0.25, 0.3) is 5.91 Å². The lowest BCUT2D eigenvalue weighted by Crippen LogP contribution is -2.27. The van der Waals surface area contributed by atoms with Crippen molar-refractivity contribution in [1.29, 1.82) is 0 Å². The number of benzene rings is 1. The van der Waals surface area contributed by atoms with E-state index in [-0.39, 0.29) is 11.8 Å². The van der Waals surface area contributed by atoms with Crippen LogP contribution < -0.4 is 10.6 Å². The Morgan fingerprint density at radius 1 is 1.20 bits per heavy atom. The van der Waals surface area contributed by atoms with E-state index in [0.717, 1.165) is 11.1 Å². The molecule has 2 amide bonds. The van der Waals surface area contributed by atoms with E-state index < -0.39 is 0 Å². The van der Waals surface area contributed by atoms with E-state index in [2.05, 4.69) is 15.6 Å². The number of amides is 2. The first-order valence-corrected chi connectivity index (χ1v) is 8.53. The van der Waals surface area contributed by atoms with Crippen LogP contribution >= 0.6 is 0 Å². The quantitative estimate of drug-likeness (QED) is 0.812. The third-order valence-electron chi connectivity index (χ3n) is 3.81. The van der Waals surface area contributed by atoms with Crippen molar-refractivity contribution in [3.63, 3.8) is 0 Å². The van der Waals surface area contributed by atoms with Gasteiger partial charge in [0.1, 0.15) is 0 Å². The van der Waals surface area contributed by atoms with Gasteiger partial charge in [-0.1, -0.05) is 26.0 Å². The molecule has 0 atom stereocenters. The Morgan fingerprint density at radius 3 is 2.68 bits per heavy atom. The van der Waals surface area contributed by atoms with Crippen molar-refractivity contribution in [3.05, 3.63) is 59.4 Å². The molecule has 0 aliphatic carbocycles. The molecule has 0 fully saturated rings. The van der Waals surface area contributed by atoms with Crippen LogP contribution in [-0.2, 0) is 11.2 Å². The first-order valence-electron chi connectivity index (χ1n) is 8.53. The number of anilines is 1. The molecule has 1 heterocycles. The van der Waals surface area contributed by atoms with E-state index >= 15 is 0 Å². The Labute approximate surface area is 148 Å². The van der Waals surface area contributed by atoms with Gasteiger partial charge >= 0.3 is 0 Å². The monoisotopic (exact) mass is 339 g/mol. The Morgan fingerprint density at radius 2 is 2.00 bits per heavy atom. The average molecular weight is 339 g/mol. The van der Waals surface area contributed by atoms with E-state index in [1.54, 1.807) is 24.5 Å². The first-order chi connectivity index (χ1) is 12.0. The summed E-state index contributed by atoms with van der Waals surface area (Å²) < 4.78 is 0. The molecule has 0 aliphatic rings. The molecule has 0 bridgehead atoms. The normalized spacial score (nSPS) is 10.6. The molecule has 0 aliphatic heterocycles. The molecule has 25 heavy (non-hydrogen) atoms. The number of aromatic nitrogens is 1. The highest BCUT2D eigenvalue weighted by Crippen LogP contribution is 2.17. The van der Waals surface area contributed by atoms with Gasteiger partial charge in [-0.25, -0.2) is 0 Å². The summed E-state index contributed by atoms with van der Waals surface area (Å²) in [6.45, 7) is 6.62. The van der Waals surface area contributed by atoms with Gasteiger partial charge in [0, 0.05) is 36.6 Å². The minimum Gasteiger partial charge on any atom is -0.352 e. The molecule has 0 unspecified atom stereocenters. The molecule has 0 radical (unpaired) electrons. The second kappa shape index (κ2) is 8.97. The fourth-order valence-corrected chi connectivity index (χ4v) is 2.31. The zero-order valence-electron chi connectivity index (χ0n) is 15.0. The SMILES string of the molecule is Cc1ccc(C(=O)NCC(C)C)cc1NC(=O)CCc1cccnc1. The largest absolute Gasteiger partial charge is 0.352 e. The number of nitrogens with one attached hydrogen (secondary N) is 2. The van der Waals surface area contributed by atoms with Crippen LogP contribution in [0.3, 0.4) is 0 Å². The molecule has 132 valence electrons. The molecular formula is C20H25N3O2. The summed E-state index contributed by atoms with van der Waals surface area (Å²) >= 11 is 0. The summed E-state index contributed by atoms with van der Waals surface area (Å²) in [5, 5.41) is 5.79. The Balaban J connectivity index is 1.97. The fraction of sp³-hybridized carbons (Fsp3) is 0.350. The second-order valence-electron chi connectivity index (χ2n) is 6.54. The van der Waals surface area contributed by atoms with Crippen molar-refractivity contribution >= 4 is 17.5 Å². The number of nitrogens with zero attached hydrogens (tertiary/aromatic N) is 1. The van der Waals surface area contributed by atoms with Gasteiger partial charge in [0.2, 0.25) is 5.91 Å². The van der Waals surface area contributed by atoms with Gasteiger partial charge in [-0.3, -0.25) is 14.6 Å². The molecule has 5 heteroatoms. The highest BCUT2D eigenvalue weighted by molar-refractivity contribution is 5.97. The van der Waals surface area contributed by atoms with Crippen molar-refractivity contribution in [1.82, 2.24) is 10.3 Å². The molecule has 0 saturated heterocycles. The van der Waals surface area contributed by atoms with Crippen molar-refractivity contribution < 1.29 is 9.59 Å².